The van der Waals surface area contributed by atoms with Crippen molar-refractivity contribution in [3.8, 4) is 0 Å². The summed E-state index contributed by atoms with van der Waals surface area (Å²) in [7, 11) is 0. The zero-order valence-corrected chi connectivity index (χ0v) is 21.7. The van der Waals surface area contributed by atoms with Crippen molar-refractivity contribution < 1.29 is 28.6 Å². The minimum absolute atomic E-state index is 0.0455. The minimum atomic E-state index is -1.08. The van der Waals surface area contributed by atoms with Crippen LogP contribution in [0.15, 0.2) is 120 Å². The Bertz CT molecular complexity index is 1620. The largest absolute Gasteiger partial charge is 0.459 e. The van der Waals surface area contributed by atoms with Gasteiger partial charge in [-0.05, 0) is 42.5 Å². The molecule has 1 fully saturated rings. The minimum Gasteiger partial charge on any atom is -0.459 e. The number of hydrogen-bond donors (Lipinski definition) is 1. The van der Waals surface area contributed by atoms with Crippen molar-refractivity contribution in [2.75, 3.05) is 11.9 Å². The Hall–Kier alpha value is -5.35. The van der Waals surface area contributed by atoms with E-state index in [4.69, 9.17) is 14.2 Å². The number of ether oxygens (including phenoxy) is 3. The Morgan fingerprint density at radius 2 is 1.39 bits per heavy atom. The number of benzene rings is 3. The van der Waals surface area contributed by atoms with Crippen molar-refractivity contribution in [2.45, 2.75) is 18.4 Å². The maximum atomic E-state index is 13.0. The molecule has 0 saturated carbocycles. The summed E-state index contributed by atoms with van der Waals surface area (Å²) in [6.45, 7) is 3.75. The van der Waals surface area contributed by atoms with Gasteiger partial charge in [0.25, 0.3) is 5.91 Å². The van der Waals surface area contributed by atoms with E-state index in [0.717, 1.165) is 4.57 Å². The van der Waals surface area contributed by atoms with Crippen LogP contribution in [0.4, 0.5) is 5.82 Å². The Kier molecular flexibility index (Phi) is 8.12. The predicted octanol–water partition coefficient (Wildman–Crippen LogP) is 4.03. The molecule has 41 heavy (non-hydrogen) atoms. The van der Waals surface area contributed by atoms with Gasteiger partial charge in [-0.2, -0.15) is 4.98 Å². The van der Waals surface area contributed by atoms with E-state index < -0.39 is 42.0 Å². The molecule has 1 aliphatic rings. The summed E-state index contributed by atoms with van der Waals surface area (Å²) < 4.78 is 18.4. The van der Waals surface area contributed by atoms with Crippen molar-refractivity contribution in [3.63, 3.8) is 0 Å². The SMILES string of the molecule is C=C1C(n2ccc(NC(=O)c3ccccc3)nc2=O)OC(COC(=O)c2ccccc2)[C@@H]1OC(=O)c1ccccc1. The van der Waals surface area contributed by atoms with Gasteiger partial charge in [0.2, 0.25) is 0 Å². The first-order chi connectivity index (χ1) is 19.9. The second-order valence-electron chi connectivity index (χ2n) is 9.08. The molecule has 0 spiro atoms. The number of carbonyl (C=O) groups excluding carboxylic acids is 3. The summed E-state index contributed by atoms with van der Waals surface area (Å²) in [6.07, 6.45) is -1.69. The van der Waals surface area contributed by atoms with Crippen molar-refractivity contribution >= 4 is 23.7 Å². The van der Waals surface area contributed by atoms with Crippen LogP contribution in [0.1, 0.15) is 37.3 Å². The molecule has 1 amide bonds. The lowest BCUT2D eigenvalue weighted by Crippen LogP contribution is -2.33. The average molecular weight is 552 g/mol. The van der Waals surface area contributed by atoms with Crippen molar-refractivity contribution in [1.82, 2.24) is 9.55 Å². The first-order valence-corrected chi connectivity index (χ1v) is 12.7. The molecule has 4 aromatic rings. The number of esters is 2. The summed E-state index contributed by atoms with van der Waals surface area (Å²) in [6, 6.07) is 26.7. The average Bonchev–Trinajstić information content (AvgIpc) is 3.31. The van der Waals surface area contributed by atoms with Crippen LogP contribution in [-0.2, 0) is 14.2 Å². The number of aromatic nitrogens is 2. The van der Waals surface area contributed by atoms with E-state index in [1.54, 1.807) is 91.0 Å². The van der Waals surface area contributed by atoms with Gasteiger partial charge in [-0.3, -0.25) is 9.36 Å². The fraction of sp³-hybridized carbons (Fsp3) is 0.129. The van der Waals surface area contributed by atoms with Crippen LogP contribution >= 0.6 is 0 Å². The number of hydrogen-bond acceptors (Lipinski definition) is 8. The molecule has 5 rings (SSSR count). The molecular formula is C31H25N3O7. The van der Waals surface area contributed by atoms with E-state index in [1.807, 2.05) is 0 Å². The van der Waals surface area contributed by atoms with Crippen molar-refractivity contribution in [3.05, 3.63) is 143 Å². The van der Waals surface area contributed by atoms with E-state index in [-0.39, 0.29) is 18.0 Å². The Labute approximate surface area is 234 Å². The first-order valence-electron chi connectivity index (χ1n) is 12.7. The molecule has 1 N–H and O–H groups in total. The fourth-order valence-electron chi connectivity index (χ4n) is 4.24. The van der Waals surface area contributed by atoms with Gasteiger partial charge in [0, 0.05) is 17.3 Å². The third kappa shape index (κ3) is 6.29. The van der Waals surface area contributed by atoms with E-state index >= 15 is 0 Å². The molecule has 3 atom stereocenters. The summed E-state index contributed by atoms with van der Waals surface area (Å²) >= 11 is 0. The molecule has 206 valence electrons. The second-order valence-corrected chi connectivity index (χ2v) is 9.08. The quantitative estimate of drug-likeness (QED) is 0.257. The van der Waals surface area contributed by atoms with Crippen LogP contribution in [-0.4, -0.2) is 46.2 Å². The normalized spacial score (nSPS) is 18.0. The summed E-state index contributed by atoms with van der Waals surface area (Å²) in [5, 5.41) is 2.58. The summed E-state index contributed by atoms with van der Waals surface area (Å²) in [4.78, 5) is 54.8. The number of amides is 1. The molecule has 1 aromatic heterocycles. The van der Waals surface area contributed by atoms with Gasteiger partial charge < -0.3 is 19.5 Å². The Morgan fingerprint density at radius 1 is 0.829 bits per heavy atom. The number of anilines is 1. The van der Waals surface area contributed by atoms with Crippen molar-refractivity contribution in [1.29, 1.82) is 0 Å². The molecule has 0 radical (unpaired) electrons. The molecule has 1 aliphatic heterocycles. The van der Waals surface area contributed by atoms with Gasteiger partial charge in [-0.1, -0.05) is 61.2 Å². The molecule has 0 aliphatic carbocycles. The Balaban J connectivity index is 1.35. The maximum absolute atomic E-state index is 13.0. The van der Waals surface area contributed by atoms with Gasteiger partial charge in [0.15, 0.2) is 12.3 Å². The lowest BCUT2D eigenvalue weighted by atomic mass is 10.1. The zero-order chi connectivity index (χ0) is 28.8. The van der Waals surface area contributed by atoms with Crippen LogP contribution in [0.25, 0.3) is 0 Å². The fourth-order valence-corrected chi connectivity index (χ4v) is 4.24. The van der Waals surface area contributed by atoms with E-state index in [9.17, 15) is 19.2 Å². The molecular weight excluding hydrogens is 526 g/mol. The van der Waals surface area contributed by atoms with Gasteiger partial charge in [-0.15, -0.1) is 0 Å². The Morgan fingerprint density at radius 3 is 1.98 bits per heavy atom. The van der Waals surface area contributed by atoms with Gasteiger partial charge >= 0.3 is 17.6 Å². The summed E-state index contributed by atoms with van der Waals surface area (Å²) in [5.74, 6) is -1.60. The van der Waals surface area contributed by atoms with Gasteiger partial charge in [0.1, 0.15) is 18.5 Å². The topological polar surface area (TPSA) is 126 Å². The third-order valence-corrected chi connectivity index (χ3v) is 6.32. The number of carbonyl (C=O) groups is 3. The van der Waals surface area contributed by atoms with Gasteiger partial charge in [-0.25, -0.2) is 14.4 Å². The smallest absolute Gasteiger partial charge is 0.351 e. The van der Waals surface area contributed by atoms with Crippen LogP contribution < -0.4 is 11.0 Å². The van der Waals surface area contributed by atoms with E-state index in [1.165, 1.54) is 12.3 Å². The summed E-state index contributed by atoms with van der Waals surface area (Å²) in [5.41, 5.74) is 0.562. The van der Waals surface area contributed by atoms with Gasteiger partial charge in [0.05, 0.1) is 11.1 Å². The molecule has 2 heterocycles. The molecule has 3 aromatic carbocycles. The van der Waals surface area contributed by atoms with Crippen molar-refractivity contribution in [2.24, 2.45) is 0 Å². The predicted molar refractivity (Wildman–Crippen MR) is 148 cm³/mol. The zero-order valence-electron chi connectivity index (χ0n) is 21.7. The second kappa shape index (κ2) is 12.2. The standard InChI is InChI=1S/C31H25N3O7/c1-20-26(41-30(37)23-15-9-4-10-16-23)24(19-39-29(36)22-13-7-3-8-14-22)40-28(20)34-18-17-25(33-31(34)38)32-27(35)21-11-5-2-6-12-21/h2-18,24,26,28H,1,19H2,(H,32,33,35,38)/t24?,26-,28?/m1/s1. The van der Waals surface area contributed by atoms with E-state index in [0.29, 0.717) is 16.7 Å². The highest BCUT2D eigenvalue weighted by atomic mass is 16.6. The number of nitrogens with one attached hydrogen (secondary N) is 1. The highest BCUT2D eigenvalue weighted by molar-refractivity contribution is 6.03. The molecule has 0 bridgehead atoms. The molecule has 1 saturated heterocycles. The molecule has 10 nitrogen and oxygen atoms in total. The van der Waals surface area contributed by atoms with Crippen LogP contribution in [0.2, 0.25) is 0 Å². The highest BCUT2D eigenvalue weighted by Gasteiger charge is 2.43. The lowest BCUT2D eigenvalue weighted by Gasteiger charge is -2.19. The van der Waals surface area contributed by atoms with E-state index in [2.05, 4.69) is 16.9 Å². The van der Waals surface area contributed by atoms with Crippen LogP contribution in [0.3, 0.4) is 0 Å². The monoisotopic (exact) mass is 551 g/mol. The number of rotatable bonds is 8. The first kappa shape index (κ1) is 27.2. The third-order valence-electron chi connectivity index (χ3n) is 6.32. The highest BCUT2D eigenvalue weighted by Crippen LogP contribution is 2.35. The molecule has 2 unspecified atom stereocenters. The molecule has 10 heteroatoms. The maximum Gasteiger partial charge on any atom is 0.351 e. The number of nitrogens with zero attached hydrogens (tertiary/aromatic N) is 2. The lowest BCUT2D eigenvalue weighted by molar-refractivity contribution is -0.0578. The van der Waals surface area contributed by atoms with Crippen LogP contribution in [0.5, 0.6) is 0 Å². The van der Waals surface area contributed by atoms with Crippen LogP contribution in [0, 0.1) is 0 Å².